The molecule has 0 aromatic heterocycles. The molecular formula is C33H36O4Si. The summed E-state index contributed by atoms with van der Waals surface area (Å²) in [6, 6.07) is 32.9. The van der Waals surface area contributed by atoms with Gasteiger partial charge in [0.15, 0.2) is 0 Å². The van der Waals surface area contributed by atoms with Crippen molar-refractivity contribution in [3.63, 3.8) is 0 Å². The Labute approximate surface area is 227 Å². The molecule has 1 N–H and O–H groups in total. The number of phenolic OH excluding ortho intramolecular Hbond substituents is 1. The summed E-state index contributed by atoms with van der Waals surface area (Å²) in [6.07, 6.45) is 0. The van der Waals surface area contributed by atoms with E-state index in [2.05, 4.69) is 69.3 Å². The van der Waals surface area contributed by atoms with Crippen molar-refractivity contribution < 1.29 is 19.0 Å². The number of phenols is 1. The molecule has 1 aliphatic heterocycles. The lowest BCUT2D eigenvalue weighted by Crippen LogP contribution is -2.66. The standard InChI is InChI=1S/C33H36O4Si/c1-32(2,3)38(26-16-8-6-9-17-26,27-18-10-7-11-19-27)36-23-24-14-12-20-28(30(24)34)29-21-13-15-25-22-35-33(4,5)37-31(25)29/h6-21,34H,22-23H2,1-5H3. The maximum atomic E-state index is 11.6. The molecule has 4 aromatic carbocycles. The lowest BCUT2D eigenvalue weighted by Gasteiger charge is -2.43. The lowest BCUT2D eigenvalue weighted by molar-refractivity contribution is -0.179. The zero-order chi connectivity index (χ0) is 27.0. The van der Waals surface area contributed by atoms with Crippen LogP contribution in [0.3, 0.4) is 0 Å². The van der Waals surface area contributed by atoms with Gasteiger partial charge >= 0.3 is 0 Å². The fraction of sp³-hybridized carbons (Fsp3) is 0.273. The first-order valence-corrected chi connectivity index (χ1v) is 15.0. The molecule has 38 heavy (non-hydrogen) atoms. The number of rotatable bonds is 6. The minimum atomic E-state index is -2.75. The van der Waals surface area contributed by atoms with Crippen LogP contribution in [0.1, 0.15) is 45.7 Å². The van der Waals surface area contributed by atoms with Gasteiger partial charge in [-0.1, -0.05) is 118 Å². The molecule has 0 unspecified atom stereocenters. The molecule has 0 aliphatic carbocycles. The van der Waals surface area contributed by atoms with Crippen molar-refractivity contribution in [2.24, 2.45) is 0 Å². The Morgan fingerprint density at radius 2 is 1.37 bits per heavy atom. The van der Waals surface area contributed by atoms with Gasteiger partial charge in [0.25, 0.3) is 8.32 Å². The molecule has 0 bridgehead atoms. The molecule has 0 saturated heterocycles. The van der Waals surface area contributed by atoms with Crippen molar-refractivity contribution >= 4 is 18.7 Å². The quantitative estimate of drug-likeness (QED) is 0.283. The number of fused-ring (bicyclic) bond motifs is 1. The van der Waals surface area contributed by atoms with E-state index in [1.54, 1.807) is 0 Å². The van der Waals surface area contributed by atoms with E-state index in [4.69, 9.17) is 13.9 Å². The molecule has 5 heteroatoms. The Bertz CT molecular complexity index is 1370. The van der Waals surface area contributed by atoms with Crippen molar-refractivity contribution in [1.82, 2.24) is 0 Å². The SMILES string of the molecule is CC1(C)OCc2cccc(-c3cccc(CO[Si](c4ccccc4)(c4ccccc4)C(C)(C)C)c3O)c2O1. The molecule has 1 aliphatic rings. The van der Waals surface area contributed by atoms with Crippen LogP contribution in [0, 0.1) is 0 Å². The maximum absolute atomic E-state index is 11.6. The molecule has 0 atom stereocenters. The van der Waals surface area contributed by atoms with Gasteiger partial charge in [0.2, 0.25) is 5.79 Å². The van der Waals surface area contributed by atoms with Gasteiger partial charge in [-0.3, -0.25) is 0 Å². The topological polar surface area (TPSA) is 47.9 Å². The van der Waals surface area contributed by atoms with Crippen LogP contribution in [-0.4, -0.2) is 19.2 Å². The fourth-order valence-electron chi connectivity index (χ4n) is 5.43. The molecule has 4 aromatic rings. The Balaban J connectivity index is 1.57. The molecule has 0 saturated carbocycles. The van der Waals surface area contributed by atoms with Crippen LogP contribution in [0.2, 0.25) is 5.04 Å². The van der Waals surface area contributed by atoms with Crippen LogP contribution in [0.15, 0.2) is 97.1 Å². The zero-order valence-electron chi connectivity index (χ0n) is 22.8. The lowest BCUT2D eigenvalue weighted by atomic mass is 9.98. The van der Waals surface area contributed by atoms with Crippen LogP contribution in [0.25, 0.3) is 11.1 Å². The first-order chi connectivity index (χ1) is 18.1. The normalized spacial score (nSPS) is 15.0. The Morgan fingerprint density at radius 1 is 0.789 bits per heavy atom. The van der Waals surface area contributed by atoms with E-state index in [-0.39, 0.29) is 17.4 Å². The number of hydrogen-bond acceptors (Lipinski definition) is 4. The van der Waals surface area contributed by atoms with Gasteiger partial charge in [-0.05, 0) is 15.4 Å². The van der Waals surface area contributed by atoms with E-state index < -0.39 is 14.1 Å². The first-order valence-electron chi connectivity index (χ1n) is 13.1. The van der Waals surface area contributed by atoms with Gasteiger partial charge in [-0.25, -0.2) is 0 Å². The van der Waals surface area contributed by atoms with Gasteiger partial charge in [0.05, 0.1) is 13.2 Å². The number of aromatic hydroxyl groups is 1. The van der Waals surface area contributed by atoms with Crippen molar-refractivity contribution in [1.29, 1.82) is 0 Å². The third-order valence-corrected chi connectivity index (χ3v) is 12.3. The maximum Gasteiger partial charge on any atom is 0.261 e. The summed E-state index contributed by atoms with van der Waals surface area (Å²) in [6.45, 7) is 11.3. The minimum absolute atomic E-state index is 0.152. The smallest absolute Gasteiger partial charge is 0.261 e. The highest BCUT2D eigenvalue weighted by molar-refractivity contribution is 6.99. The third kappa shape index (κ3) is 4.78. The summed E-state index contributed by atoms with van der Waals surface area (Å²) < 4.78 is 19.1. The second-order valence-corrected chi connectivity index (χ2v) is 15.7. The van der Waals surface area contributed by atoms with E-state index in [9.17, 15) is 5.11 Å². The molecule has 0 fully saturated rings. The highest BCUT2D eigenvalue weighted by atomic mass is 28.4. The Hall–Kier alpha value is -3.38. The largest absolute Gasteiger partial charge is 0.507 e. The Kier molecular flexibility index (Phi) is 6.95. The molecule has 0 amide bonds. The second kappa shape index (κ2) is 10.1. The third-order valence-electron chi connectivity index (χ3n) is 7.29. The minimum Gasteiger partial charge on any atom is -0.507 e. The van der Waals surface area contributed by atoms with E-state index >= 15 is 0 Å². The predicted octanol–water partition coefficient (Wildman–Crippen LogP) is 6.78. The molecule has 196 valence electrons. The van der Waals surface area contributed by atoms with Crippen molar-refractivity contribution in [3.8, 4) is 22.6 Å². The molecule has 0 spiro atoms. The van der Waals surface area contributed by atoms with E-state index in [0.29, 0.717) is 6.61 Å². The van der Waals surface area contributed by atoms with Gasteiger partial charge in [-0.2, -0.15) is 0 Å². The van der Waals surface area contributed by atoms with Crippen LogP contribution >= 0.6 is 0 Å². The van der Waals surface area contributed by atoms with Gasteiger partial charge in [0, 0.05) is 36.1 Å². The molecular weight excluding hydrogens is 488 g/mol. The zero-order valence-corrected chi connectivity index (χ0v) is 23.8. The number of ether oxygens (including phenoxy) is 2. The predicted molar refractivity (Wildman–Crippen MR) is 155 cm³/mol. The molecule has 1 heterocycles. The van der Waals surface area contributed by atoms with Crippen LogP contribution in [-0.2, 0) is 22.4 Å². The van der Waals surface area contributed by atoms with Crippen LogP contribution < -0.4 is 15.1 Å². The van der Waals surface area contributed by atoms with E-state index in [0.717, 1.165) is 28.0 Å². The number of para-hydroxylation sites is 2. The summed E-state index contributed by atoms with van der Waals surface area (Å²) in [5.74, 6) is 0.235. The Morgan fingerprint density at radius 3 is 1.97 bits per heavy atom. The van der Waals surface area contributed by atoms with Gasteiger partial charge in [-0.15, -0.1) is 0 Å². The number of benzene rings is 4. The summed E-state index contributed by atoms with van der Waals surface area (Å²) >= 11 is 0. The summed E-state index contributed by atoms with van der Waals surface area (Å²) in [5.41, 5.74) is 3.29. The van der Waals surface area contributed by atoms with Crippen LogP contribution in [0.4, 0.5) is 0 Å². The average Bonchev–Trinajstić information content (AvgIpc) is 2.90. The highest BCUT2D eigenvalue weighted by Crippen LogP contribution is 2.44. The van der Waals surface area contributed by atoms with Crippen molar-refractivity contribution in [3.05, 3.63) is 108 Å². The molecule has 4 nitrogen and oxygen atoms in total. The van der Waals surface area contributed by atoms with E-state index in [1.807, 2.05) is 62.4 Å². The number of hydrogen-bond donors (Lipinski definition) is 1. The molecule has 5 rings (SSSR count). The van der Waals surface area contributed by atoms with Crippen LogP contribution in [0.5, 0.6) is 11.5 Å². The van der Waals surface area contributed by atoms with Gasteiger partial charge in [0.1, 0.15) is 11.5 Å². The van der Waals surface area contributed by atoms with Crippen molar-refractivity contribution in [2.75, 3.05) is 0 Å². The summed E-state index contributed by atoms with van der Waals surface area (Å²) in [5, 5.41) is 13.8. The van der Waals surface area contributed by atoms with Gasteiger partial charge < -0.3 is 19.0 Å². The fourth-order valence-corrected chi connectivity index (χ4v) is 9.96. The second-order valence-electron chi connectivity index (χ2n) is 11.3. The van der Waals surface area contributed by atoms with E-state index in [1.165, 1.54) is 10.4 Å². The monoisotopic (exact) mass is 524 g/mol. The average molecular weight is 525 g/mol. The molecule has 0 radical (unpaired) electrons. The summed E-state index contributed by atoms with van der Waals surface area (Å²) in [7, 11) is -2.75. The highest BCUT2D eigenvalue weighted by Gasteiger charge is 2.50. The first kappa shape index (κ1) is 26.2. The summed E-state index contributed by atoms with van der Waals surface area (Å²) in [4.78, 5) is 0. The van der Waals surface area contributed by atoms with Crippen molar-refractivity contribution in [2.45, 2.75) is 58.7 Å².